The highest BCUT2D eigenvalue weighted by Gasteiger charge is 2.06. The van der Waals surface area contributed by atoms with E-state index in [0.29, 0.717) is 5.92 Å². The first-order valence-corrected chi connectivity index (χ1v) is 4.64. The van der Waals surface area contributed by atoms with Crippen molar-refractivity contribution < 1.29 is 0 Å². The summed E-state index contributed by atoms with van der Waals surface area (Å²) in [5, 5.41) is 0. The Morgan fingerprint density at radius 3 is 1.83 bits per heavy atom. The first-order chi connectivity index (χ1) is 5.61. The Hall–Kier alpha value is -0.790. The molecule has 1 aromatic heterocycles. The molecule has 0 aliphatic heterocycles. The number of hydrogen-bond donors (Lipinski definition) is 1. The molecule has 0 radical (unpaired) electrons. The molecule has 0 bridgehead atoms. The summed E-state index contributed by atoms with van der Waals surface area (Å²) in [7, 11) is 0. The fraction of sp³-hybridized carbons (Fsp3) is 0.700. The Kier molecular flexibility index (Phi) is 4.64. The Bertz CT molecular complexity index is 224. The summed E-state index contributed by atoms with van der Waals surface area (Å²) in [5.74, 6) is 1.55. The molecule has 0 fully saturated rings. The van der Waals surface area contributed by atoms with E-state index in [4.69, 9.17) is 0 Å². The summed E-state index contributed by atoms with van der Waals surface area (Å²) in [6.45, 7) is 12.4. The van der Waals surface area contributed by atoms with Crippen LogP contribution in [0.2, 0.25) is 0 Å². The van der Waals surface area contributed by atoms with Gasteiger partial charge in [-0.1, -0.05) is 27.7 Å². The van der Waals surface area contributed by atoms with Crippen LogP contribution >= 0.6 is 0 Å². The first kappa shape index (κ1) is 11.2. The number of hydrogen-bond acceptors (Lipinski definition) is 1. The molecule has 1 rings (SSSR count). The fourth-order valence-electron chi connectivity index (χ4n) is 1.19. The number of aromatic amines is 1. The zero-order valence-electron chi connectivity index (χ0n) is 9.02. The predicted octanol–water partition coefficient (Wildman–Crippen LogP) is 3.18. The van der Waals surface area contributed by atoms with Crippen LogP contribution in [-0.2, 0) is 0 Å². The number of H-pyrrole nitrogens is 1. The van der Waals surface area contributed by atoms with Gasteiger partial charge in [0.05, 0.1) is 5.69 Å². The third-order valence-corrected chi connectivity index (χ3v) is 1.59. The molecule has 0 unspecified atom stereocenters. The second kappa shape index (κ2) is 4.96. The molecule has 0 aliphatic rings. The Morgan fingerprint density at radius 2 is 1.67 bits per heavy atom. The summed E-state index contributed by atoms with van der Waals surface area (Å²) in [4.78, 5) is 7.53. The van der Waals surface area contributed by atoms with Crippen LogP contribution in [0.3, 0.4) is 0 Å². The highest BCUT2D eigenvalue weighted by molar-refractivity contribution is 5.15. The Morgan fingerprint density at radius 1 is 1.17 bits per heavy atom. The summed E-state index contributed by atoms with van der Waals surface area (Å²) in [6.07, 6.45) is 0. The molecule has 0 atom stereocenters. The maximum Gasteiger partial charge on any atom is 0.103 e. The second-order valence-corrected chi connectivity index (χ2v) is 2.99. The van der Waals surface area contributed by atoms with Gasteiger partial charge in [0.25, 0.3) is 0 Å². The molecule has 2 heteroatoms. The molecule has 0 saturated carbocycles. The van der Waals surface area contributed by atoms with E-state index in [-0.39, 0.29) is 0 Å². The average Bonchev–Trinajstić information content (AvgIpc) is 2.34. The van der Waals surface area contributed by atoms with Gasteiger partial charge in [-0.25, -0.2) is 4.98 Å². The van der Waals surface area contributed by atoms with Gasteiger partial charge in [-0.2, -0.15) is 0 Å². The van der Waals surface area contributed by atoms with Crippen molar-refractivity contribution in [3.63, 3.8) is 0 Å². The van der Waals surface area contributed by atoms with Gasteiger partial charge in [0.2, 0.25) is 0 Å². The molecule has 70 valence electrons. The average molecular weight is 168 g/mol. The van der Waals surface area contributed by atoms with Crippen molar-refractivity contribution in [3.8, 4) is 0 Å². The summed E-state index contributed by atoms with van der Waals surface area (Å²) in [5.41, 5.74) is 2.39. The van der Waals surface area contributed by atoms with Gasteiger partial charge in [-0.15, -0.1) is 0 Å². The second-order valence-electron chi connectivity index (χ2n) is 2.99. The largest absolute Gasteiger partial charge is 0.346 e. The quantitative estimate of drug-likeness (QED) is 0.685. The van der Waals surface area contributed by atoms with Crippen LogP contribution in [-0.4, -0.2) is 9.97 Å². The van der Waals surface area contributed by atoms with Gasteiger partial charge < -0.3 is 4.98 Å². The lowest BCUT2D eigenvalue weighted by Gasteiger charge is -1.99. The highest BCUT2D eigenvalue weighted by atomic mass is 14.9. The standard InChI is InChI=1S/C8H14N2.C2H6/c1-5(2)8-6(3)9-7(4)10-8;1-2/h5H,1-4H3,(H,9,10);1-2H3. The van der Waals surface area contributed by atoms with Crippen molar-refractivity contribution in [3.05, 3.63) is 17.2 Å². The van der Waals surface area contributed by atoms with E-state index in [1.165, 1.54) is 11.4 Å². The first-order valence-electron chi connectivity index (χ1n) is 4.64. The molecule has 1 aromatic rings. The minimum Gasteiger partial charge on any atom is -0.346 e. The lowest BCUT2D eigenvalue weighted by molar-refractivity contribution is 0.819. The van der Waals surface area contributed by atoms with Crippen LogP contribution in [0.1, 0.15) is 50.8 Å². The van der Waals surface area contributed by atoms with Gasteiger partial charge in [0.15, 0.2) is 0 Å². The third-order valence-electron chi connectivity index (χ3n) is 1.59. The maximum atomic E-state index is 4.35. The summed E-state index contributed by atoms with van der Waals surface area (Å²) >= 11 is 0. The van der Waals surface area contributed by atoms with Gasteiger partial charge in [-0.05, 0) is 19.8 Å². The monoisotopic (exact) mass is 168 g/mol. The zero-order valence-corrected chi connectivity index (χ0v) is 9.02. The molecule has 0 aliphatic carbocycles. The lowest BCUT2D eigenvalue weighted by atomic mass is 10.1. The third kappa shape index (κ3) is 2.68. The molecule has 2 nitrogen and oxygen atoms in total. The summed E-state index contributed by atoms with van der Waals surface area (Å²) in [6, 6.07) is 0. The highest BCUT2D eigenvalue weighted by Crippen LogP contribution is 2.15. The van der Waals surface area contributed by atoms with E-state index in [1.807, 2.05) is 20.8 Å². The van der Waals surface area contributed by atoms with E-state index >= 15 is 0 Å². The molecule has 0 aromatic carbocycles. The normalized spacial score (nSPS) is 9.58. The minimum absolute atomic E-state index is 0.532. The van der Waals surface area contributed by atoms with Crippen LogP contribution < -0.4 is 0 Å². The lowest BCUT2D eigenvalue weighted by Crippen LogP contribution is -1.89. The SMILES string of the molecule is CC.Cc1nc(C(C)C)c(C)[nH]1. The molecule has 1 heterocycles. The molecule has 12 heavy (non-hydrogen) atoms. The predicted molar refractivity (Wildman–Crippen MR) is 53.5 cm³/mol. The minimum atomic E-state index is 0.532. The van der Waals surface area contributed by atoms with Crippen LogP contribution in [0.4, 0.5) is 0 Å². The maximum absolute atomic E-state index is 4.35. The number of aryl methyl sites for hydroxylation is 2. The molecular weight excluding hydrogens is 148 g/mol. The number of nitrogens with zero attached hydrogens (tertiary/aromatic N) is 1. The van der Waals surface area contributed by atoms with Crippen LogP contribution in [0, 0.1) is 13.8 Å². The van der Waals surface area contributed by atoms with Crippen molar-refractivity contribution in [2.45, 2.75) is 47.5 Å². The number of nitrogens with one attached hydrogen (secondary N) is 1. The van der Waals surface area contributed by atoms with E-state index in [9.17, 15) is 0 Å². The van der Waals surface area contributed by atoms with Crippen molar-refractivity contribution >= 4 is 0 Å². The van der Waals surface area contributed by atoms with E-state index in [1.54, 1.807) is 0 Å². The van der Waals surface area contributed by atoms with Gasteiger partial charge >= 0.3 is 0 Å². The molecule has 1 N–H and O–H groups in total. The van der Waals surface area contributed by atoms with E-state index < -0.39 is 0 Å². The zero-order chi connectivity index (χ0) is 9.72. The number of imidazole rings is 1. The molecule has 0 spiro atoms. The number of aromatic nitrogens is 2. The van der Waals surface area contributed by atoms with E-state index in [0.717, 1.165) is 5.82 Å². The van der Waals surface area contributed by atoms with Gasteiger partial charge in [0.1, 0.15) is 5.82 Å². The molecule has 0 saturated heterocycles. The Balaban J connectivity index is 0.000000561. The van der Waals surface area contributed by atoms with Crippen LogP contribution in [0.15, 0.2) is 0 Å². The topological polar surface area (TPSA) is 28.7 Å². The fourth-order valence-corrected chi connectivity index (χ4v) is 1.19. The van der Waals surface area contributed by atoms with Gasteiger partial charge in [-0.3, -0.25) is 0 Å². The molecular formula is C10H20N2. The van der Waals surface area contributed by atoms with Crippen LogP contribution in [0.25, 0.3) is 0 Å². The smallest absolute Gasteiger partial charge is 0.103 e. The van der Waals surface area contributed by atoms with Crippen LogP contribution in [0.5, 0.6) is 0 Å². The van der Waals surface area contributed by atoms with E-state index in [2.05, 4.69) is 30.7 Å². The van der Waals surface area contributed by atoms with Crippen molar-refractivity contribution in [1.82, 2.24) is 9.97 Å². The van der Waals surface area contributed by atoms with Crippen molar-refractivity contribution in [2.24, 2.45) is 0 Å². The number of rotatable bonds is 1. The van der Waals surface area contributed by atoms with Crippen molar-refractivity contribution in [1.29, 1.82) is 0 Å². The molecule has 0 amide bonds. The van der Waals surface area contributed by atoms with Crippen molar-refractivity contribution in [2.75, 3.05) is 0 Å². The Labute approximate surface area is 75.4 Å². The summed E-state index contributed by atoms with van der Waals surface area (Å²) < 4.78 is 0. The van der Waals surface area contributed by atoms with Gasteiger partial charge in [0, 0.05) is 5.69 Å².